The molecule has 0 amide bonds. The van der Waals surface area contributed by atoms with Gasteiger partial charge in [0, 0.05) is 16.1 Å². The Morgan fingerprint density at radius 2 is 1.84 bits per heavy atom. The van der Waals surface area contributed by atoms with Crippen LogP contribution in [0.3, 0.4) is 0 Å². The topological polar surface area (TPSA) is 35.2 Å². The minimum atomic E-state index is 0.597. The molecule has 3 heteroatoms. The highest BCUT2D eigenvalue weighted by Crippen LogP contribution is 2.29. The molecule has 2 nitrogen and oxygen atoms in total. The van der Waals surface area contributed by atoms with Crippen LogP contribution in [0.25, 0.3) is 10.1 Å². The number of thiophene rings is 1. The highest BCUT2D eigenvalue weighted by atomic mass is 32.1. The van der Waals surface area contributed by atoms with Crippen LogP contribution in [0.1, 0.15) is 10.4 Å². The molecule has 0 spiro atoms. The Hall–Kier alpha value is -1.84. The molecule has 0 bridgehead atoms. The van der Waals surface area contributed by atoms with E-state index in [9.17, 15) is 0 Å². The lowest BCUT2D eigenvalue weighted by molar-refractivity contribution is 0.306. The minimum Gasteiger partial charge on any atom is -0.489 e. The number of benzene rings is 2. The summed E-state index contributed by atoms with van der Waals surface area (Å²) < 4.78 is 7.05. The summed E-state index contributed by atoms with van der Waals surface area (Å²) in [5.41, 5.74) is 6.84. The predicted molar refractivity (Wildman–Crippen MR) is 80.5 cm³/mol. The van der Waals surface area contributed by atoms with Crippen LogP contribution < -0.4 is 10.5 Å². The van der Waals surface area contributed by atoms with Gasteiger partial charge in [0.2, 0.25) is 0 Å². The van der Waals surface area contributed by atoms with E-state index in [-0.39, 0.29) is 0 Å². The van der Waals surface area contributed by atoms with Crippen LogP contribution in [0.15, 0.2) is 54.6 Å². The van der Waals surface area contributed by atoms with Gasteiger partial charge >= 0.3 is 0 Å². The summed E-state index contributed by atoms with van der Waals surface area (Å²) in [4.78, 5) is 1.20. The van der Waals surface area contributed by atoms with Crippen molar-refractivity contribution in [2.75, 3.05) is 0 Å². The molecule has 2 N–H and O–H groups in total. The molecule has 3 aromatic rings. The fraction of sp³-hybridized carbons (Fsp3) is 0.125. The average Bonchev–Trinajstić information content (AvgIpc) is 2.88. The van der Waals surface area contributed by atoms with Gasteiger partial charge in [-0.1, -0.05) is 30.3 Å². The second kappa shape index (κ2) is 5.43. The lowest BCUT2D eigenvalue weighted by Crippen LogP contribution is -1.94. The van der Waals surface area contributed by atoms with Crippen LogP contribution in [0, 0.1) is 0 Å². The molecule has 1 aromatic heterocycles. The van der Waals surface area contributed by atoms with Crippen LogP contribution >= 0.6 is 11.3 Å². The summed E-state index contributed by atoms with van der Waals surface area (Å²) >= 11 is 1.73. The fourth-order valence-electron chi connectivity index (χ4n) is 2.00. The van der Waals surface area contributed by atoms with Crippen molar-refractivity contribution >= 4 is 21.4 Å². The maximum absolute atomic E-state index is 5.82. The van der Waals surface area contributed by atoms with Crippen molar-refractivity contribution in [1.29, 1.82) is 0 Å². The Morgan fingerprint density at radius 3 is 2.63 bits per heavy atom. The Kier molecular flexibility index (Phi) is 3.49. The van der Waals surface area contributed by atoms with E-state index in [4.69, 9.17) is 10.5 Å². The molecular weight excluding hydrogens is 254 g/mol. The van der Waals surface area contributed by atoms with Crippen molar-refractivity contribution in [2.24, 2.45) is 5.73 Å². The first kappa shape index (κ1) is 12.2. The molecule has 0 unspecified atom stereocenters. The molecule has 1 heterocycles. The van der Waals surface area contributed by atoms with Gasteiger partial charge in [-0.05, 0) is 35.2 Å². The Labute approximate surface area is 116 Å². The first-order chi connectivity index (χ1) is 9.35. The number of rotatable bonds is 4. The molecule has 19 heavy (non-hydrogen) atoms. The van der Waals surface area contributed by atoms with Crippen molar-refractivity contribution in [2.45, 2.75) is 13.2 Å². The lowest BCUT2D eigenvalue weighted by Gasteiger charge is -2.06. The molecule has 0 aliphatic carbocycles. The van der Waals surface area contributed by atoms with Gasteiger partial charge in [0.15, 0.2) is 0 Å². The van der Waals surface area contributed by atoms with E-state index < -0.39 is 0 Å². The van der Waals surface area contributed by atoms with Crippen molar-refractivity contribution in [3.05, 3.63) is 65.0 Å². The maximum Gasteiger partial charge on any atom is 0.121 e. The normalized spacial score (nSPS) is 10.8. The smallest absolute Gasteiger partial charge is 0.121 e. The zero-order valence-corrected chi connectivity index (χ0v) is 11.3. The van der Waals surface area contributed by atoms with Gasteiger partial charge in [0.25, 0.3) is 0 Å². The molecule has 96 valence electrons. The van der Waals surface area contributed by atoms with Gasteiger partial charge in [0.1, 0.15) is 12.4 Å². The molecule has 3 rings (SSSR count). The molecule has 0 fully saturated rings. The van der Waals surface area contributed by atoms with Gasteiger partial charge < -0.3 is 10.5 Å². The molecule has 0 aliphatic heterocycles. The molecule has 0 radical (unpaired) electrons. The standard InChI is InChI=1S/C16H15NOS/c17-10-15-8-13-6-7-14(9-16(13)19-15)18-11-12-4-2-1-3-5-12/h1-9H,10-11,17H2. The summed E-state index contributed by atoms with van der Waals surface area (Å²) in [6.45, 7) is 1.20. The van der Waals surface area contributed by atoms with Crippen molar-refractivity contribution in [3.8, 4) is 5.75 Å². The summed E-state index contributed by atoms with van der Waals surface area (Å²) in [6, 6.07) is 18.5. The minimum absolute atomic E-state index is 0.597. The third kappa shape index (κ3) is 2.78. The number of nitrogens with two attached hydrogens (primary N) is 1. The molecule has 0 atom stereocenters. The average molecular weight is 269 g/mol. The molecule has 0 saturated heterocycles. The van der Waals surface area contributed by atoms with Gasteiger partial charge in [-0.25, -0.2) is 0 Å². The van der Waals surface area contributed by atoms with Gasteiger partial charge in [0.05, 0.1) is 0 Å². The summed E-state index contributed by atoms with van der Waals surface area (Å²) in [5.74, 6) is 0.904. The second-order valence-electron chi connectivity index (χ2n) is 4.39. The first-order valence-corrected chi connectivity index (χ1v) is 7.06. The van der Waals surface area contributed by atoms with E-state index in [1.165, 1.54) is 20.5 Å². The zero-order valence-electron chi connectivity index (χ0n) is 10.5. The maximum atomic E-state index is 5.82. The van der Waals surface area contributed by atoms with Crippen LogP contribution in [0.5, 0.6) is 5.75 Å². The van der Waals surface area contributed by atoms with E-state index in [2.05, 4.69) is 30.3 Å². The zero-order chi connectivity index (χ0) is 13.1. The van der Waals surface area contributed by atoms with Crippen molar-refractivity contribution in [3.63, 3.8) is 0 Å². The van der Waals surface area contributed by atoms with E-state index >= 15 is 0 Å². The second-order valence-corrected chi connectivity index (χ2v) is 5.56. The number of hydrogen-bond donors (Lipinski definition) is 1. The predicted octanol–water partition coefficient (Wildman–Crippen LogP) is 3.94. The van der Waals surface area contributed by atoms with E-state index in [0.29, 0.717) is 13.2 Å². The molecule has 0 saturated carbocycles. The quantitative estimate of drug-likeness (QED) is 0.778. The summed E-state index contributed by atoms with van der Waals surface area (Å²) in [6.07, 6.45) is 0. The number of hydrogen-bond acceptors (Lipinski definition) is 3. The Bertz CT molecular complexity index is 676. The number of fused-ring (bicyclic) bond motifs is 1. The first-order valence-electron chi connectivity index (χ1n) is 6.24. The van der Waals surface area contributed by atoms with Gasteiger partial charge in [-0.3, -0.25) is 0 Å². The molecular formula is C16H15NOS. The molecule has 2 aromatic carbocycles. The fourth-order valence-corrected chi connectivity index (χ4v) is 2.97. The van der Waals surface area contributed by atoms with E-state index in [0.717, 1.165) is 5.75 Å². The van der Waals surface area contributed by atoms with Gasteiger partial charge in [-0.15, -0.1) is 11.3 Å². The largest absolute Gasteiger partial charge is 0.489 e. The van der Waals surface area contributed by atoms with Crippen LogP contribution in [-0.4, -0.2) is 0 Å². The Morgan fingerprint density at radius 1 is 1.00 bits per heavy atom. The van der Waals surface area contributed by atoms with Crippen molar-refractivity contribution < 1.29 is 4.74 Å². The molecule has 0 aliphatic rings. The van der Waals surface area contributed by atoms with Crippen molar-refractivity contribution in [1.82, 2.24) is 0 Å². The lowest BCUT2D eigenvalue weighted by atomic mass is 10.2. The third-order valence-electron chi connectivity index (χ3n) is 2.99. The van der Waals surface area contributed by atoms with E-state index in [1.807, 2.05) is 24.3 Å². The highest BCUT2D eigenvalue weighted by Gasteiger charge is 2.02. The van der Waals surface area contributed by atoms with E-state index in [1.54, 1.807) is 11.3 Å². The van der Waals surface area contributed by atoms with Crippen LogP contribution in [0.2, 0.25) is 0 Å². The highest BCUT2D eigenvalue weighted by molar-refractivity contribution is 7.19. The summed E-state index contributed by atoms with van der Waals surface area (Å²) in [5, 5.41) is 1.23. The van der Waals surface area contributed by atoms with Gasteiger partial charge in [-0.2, -0.15) is 0 Å². The monoisotopic (exact) mass is 269 g/mol. The third-order valence-corrected chi connectivity index (χ3v) is 4.11. The van der Waals surface area contributed by atoms with Crippen LogP contribution in [0.4, 0.5) is 0 Å². The number of ether oxygens (including phenoxy) is 1. The summed E-state index contributed by atoms with van der Waals surface area (Å²) in [7, 11) is 0. The SMILES string of the molecule is NCc1cc2ccc(OCc3ccccc3)cc2s1. The van der Waals surface area contributed by atoms with Crippen LogP contribution in [-0.2, 0) is 13.2 Å². The Balaban J connectivity index is 1.78.